The van der Waals surface area contributed by atoms with Crippen LogP contribution in [0.1, 0.15) is 6.92 Å². The van der Waals surface area contributed by atoms with Gasteiger partial charge < -0.3 is 11.1 Å². The van der Waals surface area contributed by atoms with Crippen LogP contribution in [0.3, 0.4) is 0 Å². The molecule has 0 saturated carbocycles. The van der Waals surface area contributed by atoms with E-state index in [4.69, 9.17) is 5.73 Å². The van der Waals surface area contributed by atoms with Crippen molar-refractivity contribution in [1.82, 2.24) is 19.6 Å². The van der Waals surface area contributed by atoms with Gasteiger partial charge in [-0.1, -0.05) is 24.3 Å². The number of hydrogen-bond acceptors (Lipinski definition) is 6. The predicted octanol–water partition coefficient (Wildman–Crippen LogP) is 2.51. The van der Waals surface area contributed by atoms with Crippen LogP contribution in [0.2, 0.25) is 0 Å². The van der Waals surface area contributed by atoms with Crippen molar-refractivity contribution in [3.8, 4) is 22.4 Å². The summed E-state index contributed by atoms with van der Waals surface area (Å²) in [5, 5.41) is 3.19. The van der Waals surface area contributed by atoms with Gasteiger partial charge in [-0.15, -0.1) is 0 Å². The lowest BCUT2D eigenvalue weighted by molar-refractivity contribution is 0.284. The number of rotatable bonds is 4. The molecule has 0 amide bonds. The number of benzene rings is 2. The van der Waals surface area contributed by atoms with Crippen molar-refractivity contribution in [3.05, 3.63) is 60.7 Å². The summed E-state index contributed by atoms with van der Waals surface area (Å²) in [7, 11) is -3.74. The Morgan fingerprint density at radius 2 is 1.93 bits per heavy atom. The van der Waals surface area contributed by atoms with Crippen molar-refractivity contribution in [3.63, 3.8) is 0 Å². The Balaban J connectivity index is 1.75. The molecular weight excluding hydrogens is 405 g/mol. The van der Waals surface area contributed by atoms with E-state index in [0.717, 1.165) is 0 Å². The van der Waals surface area contributed by atoms with Crippen LogP contribution >= 0.6 is 0 Å². The molecule has 3 aromatic rings. The molecule has 1 saturated heterocycles. The first kappa shape index (κ1) is 20.4. The molecule has 1 aliphatic rings. The summed E-state index contributed by atoms with van der Waals surface area (Å²) in [5.74, 6) is -0.272. The lowest BCUT2D eigenvalue weighted by atomic mass is 10.0. The van der Waals surface area contributed by atoms with Gasteiger partial charge in [0.05, 0.1) is 23.0 Å². The summed E-state index contributed by atoms with van der Waals surface area (Å²) in [6, 6.07) is 11.1. The van der Waals surface area contributed by atoms with Crippen LogP contribution in [0, 0.1) is 5.82 Å². The minimum Gasteiger partial charge on any atom is -0.382 e. The molecule has 0 radical (unpaired) electrons. The Labute approximate surface area is 174 Å². The normalized spacial score (nSPS) is 17.7. The molecule has 1 fully saturated rings. The third-order valence-electron chi connectivity index (χ3n) is 5.14. The first-order chi connectivity index (χ1) is 14.4. The van der Waals surface area contributed by atoms with Gasteiger partial charge in [-0.25, -0.2) is 17.8 Å². The van der Waals surface area contributed by atoms with Crippen LogP contribution < -0.4 is 11.1 Å². The Hall–Kier alpha value is -2.88. The van der Waals surface area contributed by atoms with E-state index in [1.165, 1.54) is 22.8 Å². The molecule has 156 valence electrons. The van der Waals surface area contributed by atoms with E-state index in [2.05, 4.69) is 15.3 Å². The molecule has 0 unspecified atom stereocenters. The zero-order chi connectivity index (χ0) is 21.3. The van der Waals surface area contributed by atoms with E-state index in [0.29, 0.717) is 36.5 Å². The number of hydrogen-bond donors (Lipinski definition) is 2. The zero-order valence-electron chi connectivity index (χ0n) is 16.4. The predicted molar refractivity (Wildman–Crippen MR) is 113 cm³/mol. The van der Waals surface area contributed by atoms with E-state index in [1.807, 2.05) is 6.92 Å². The van der Waals surface area contributed by atoms with Crippen LogP contribution in [0.5, 0.6) is 0 Å². The maximum absolute atomic E-state index is 14.9. The Morgan fingerprint density at radius 3 is 2.63 bits per heavy atom. The molecule has 4 rings (SSSR count). The molecular formula is C21H22FN5O2S. The smallest absolute Gasteiger partial charge is 0.244 e. The molecule has 1 atom stereocenters. The number of halogens is 1. The topological polar surface area (TPSA) is 101 Å². The van der Waals surface area contributed by atoms with Gasteiger partial charge in [-0.3, -0.25) is 4.98 Å². The molecule has 2 heterocycles. The zero-order valence-corrected chi connectivity index (χ0v) is 17.2. The molecule has 0 spiro atoms. The number of sulfonamides is 1. The van der Waals surface area contributed by atoms with Crippen LogP contribution in [0.25, 0.3) is 22.4 Å². The van der Waals surface area contributed by atoms with E-state index in [-0.39, 0.29) is 22.3 Å². The second kappa shape index (κ2) is 8.10. The number of nitrogens with zero attached hydrogens (tertiary/aromatic N) is 3. The number of aromatic nitrogens is 2. The molecule has 9 heteroatoms. The maximum Gasteiger partial charge on any atom is 0.244 e. The quantitative estimate of drug-likeness (QED) is 0.664. The highest BCUT2D eigenvalue weighted by molar-refractivity contribution is 7.89. The molecule has 1 aromatic heterocycles. The minimum atomic E-state index is -3.74. The standard InChI is InChI=1S/C21H22FN5O2S/c1-14-11-24-8-9-27(14)30(28,29)20-5-3-2-4-16(20)15-6-7-17(18(22)10-15)19-12-26-21(23)13-25-19/h2-7,10,12-14,24H,8-9,11H2,1H3,(H2,23,26)/t14-/m1/s1. The Kier molecular flexibility index (Phi) is 5.50. The lowest BCUT2D eigenvalue weighted by Gasteiger charge is -2.33. The molecule has 3 N–H and O–H groups in total. The summed E-state index contributed by atoms with van der Waals surface area (Å²) in [6.45, 7) is 3.44. The SMILES string of the molecule is C[C@@H]1CNCCN1S(=O)(=O)c1ccccc1-c1ccc(-c2cnc(N)cn2)c(F)c1. The van der Waals surface area contributed by atoms with Crippen molar-refractivity contribution in [2.24, 2.45) is 0 Å². The molecule has 0 aliphatic carbocycles. The highest BCUT2D eigenvalue weighted by Gasteiger charge is 2.32. The van der Waals surface area contributed by atoms with Crippen molar-refractivity contribution < 1.29 is 12.8 Å². The summed E-state index contributed by atoms with van der Waals surface area (Å²) < 4.78 is 43.1. The average molecular weight is 428 g/mol. The van der Waals surface area contributed by atoms with Crippen molar-refractivity contribution in [1.29, 1.82) is 0 Å². The number of anilines is 1. The van der Waals surface area contributed by atoms with E-state index in [1.54, 1.807) is 36.4 Å². The van der Waals surface area contributed by atoms with Crippen molar-refractivity contribution in [2.45, 2.75) is 17.9 Å². The molecule has 0 bridgehead atoms. The van der Waals surface area contributed by atoms with Gasteiger partial charge in [-0.05, 0) is 30.7 Å². The summed E-state index contributed by atoms with van der Waals surface area (Å²) in [5.41, 5.74) is 7.09. The van der Waals surface area contributed by atoms with Crippen LogP contribution in [0.4, 0.5) is 10.2 Å². The van der Waals surface area contributed by atoms with Crippen LogP contribution in [-0.4, -0.2) is 48.4 Å². The monoisotopic (exact) mass is 427 g/mol. The Morgan fingerprint density at radius 1 is 1.13 bits per heavy atom. The molecule has 7 nitrogen and oxygen atoms in total. The second-order valence-electron chi connectivity index (χ2n) is 7.19. The number of nitrogen functional groups attached to an aromatic ring is 1. The van der Waals surface area contributed by atoms with E-state index in [9.17, 15) is 12.8 Å². The van der Waals surface area contributed by atoms with E-state index >= 15 is 0 Å². The fraction of sp³-hybridized carbons (Fsp3) is 0.238. The third kappa shape index (κ3) is 3.79. The number of piperazine rings is 1. The van der Waals surface area contributed by atoms with Crippen molar-refractivity contribution in [2.75, 3.05) is 25.4 Å². The number of nitrogens with one attached hydrogen (secondary N) is 1. The first-order valence-corrected chi connectivity index (χ1v) is 11.0. The number of nitrogens with two attached hydrogens (primary N) is 1. The van der Waals surface area contributed by atoms with E-state index < -0.39 is 15.8 Å². The first-order valence-electron chi connectivity index (χ1n) is 9.57. The minimum absolute atomic E-state index is 0.165. The summed E-state index contributed by atoms with van der Waals surface area (Å²) >= 11 is 0. The summed E-state index contributed by atoms with van der Waals surface area (Å²) in [6.07, 6.45) is 2.76. The Bertz CT molecular complexity index is 1170. The van der Waals surface area contributed by atoms with Gasteiger partial charge >= 0.3 is 0 Å². The third-order valence-corrected chi connectivity index (χ3v) is 7.21. The maximum atomic E-state index is 14.9. The highest BCUT2D eigenvalue weighted by atomic mass is 32.2. The van der Waals surface area contributed by atoms with Gasteiger partial charge in [0.15, 0.2) is 0 Å². The van der Waals surface area contributed by atoms with Crippen LogP contribution in [-0.2, 0) is 10.0 Å². The molecule has 1 aliphatic heterocycles. The van der Waals surface area contributed by atoms with Gasteiger partial charge in [0.2, 0.25) is 10.0 Å². The van der Waals surface area contributed by atoms with Gasteiger partial charge in [-0.2, -0.15) is 4.31 Å². The largest absolute Gasteiger partial charge is 0.382 e. The van der Waals surface area contributed by atoms with Crippen molar-refractivity contribution >= 4 is 15.8 Å². The van der Waals surface area contributed by atoms with Gasteiger partial charge in [0, 0.05) is 36.8 Å². The van der Waals surface area contributed by atoms with Crippen LogP contribution in [0.15, 0.2) is 59.8 Å². The fourth-order valence-electron chi connectivity index (χ4n) is 3.60. The fourth-order valence-corrected chi connectivity index (χ4v) is 5.45. The van der Waals surface area contributed by atoms with Gasteiger partial charge in [0.1, 0.15) is 11.6 Å². The average Bonchev–Trinajstić information content (AvgIpc) is 2.75. The highest BCUT2D eigenvalue weighted by Crippen LogP contribution is 2.33. The molecule has 30 heavy (non-hydrogen) atoms. The second-order valence-corrected chi connectivity index (χ2v) is 9.05. The van der Waals surface area contributed by atoms with Gasteiger partial charge in [0.25, 0.3) is 0 Å². The lowest BCUT2D eigenvalue weighted by Crippen LogP contribution is -2.52. The summed E-state index contributed by atoms with van der Waals surface area (Å²) in [4.78, 5) is 8.21. The molecule has 2 aromatic carbocycles.